The van der Waals surface area contributed by atoms with Gasteiger partial charge in [-0.25, -0.2) is 18.7 Å². The quantitative estimate of drug-likeness (QED) is 0.260. The highest BCUT2D eigenvalue weighted by atomic mass is 32.2. The van der Waals surface area contributed by atoms with Crippen LogP contribution in [0.25, 0.3) is 11.0 Å². The van der Waals surface area contributed by atoms with E-state index in [4.69, 9.17) is 9.15 Å². The van der Waals surface area contributed by atoms with Crippen LogP contribution in [0.2, 0.25) is 0 Å². The van der Waals surface area contributed by atoms with Crippen LogP contribution in [0.15, 0.2) is 45.6 Å². The first kappa shape index (κ1) is 30.0. The molecule has 2 aromatic carbocycles. The molecule has 0 radical (unpaired) electrons. The summed E-state index contributed by atoms with van der Waals surface area (Å²) in [5, 5.41) is 13.3. The molecule has 39 heavy (non-hydrogen) atoms. The van der Waals surface area contributed by atoms with Gasteiger partial charge in [-0.05, 0) is 49.6 Å². The third kappa shape index (κ3) is 7.53. The van der Waals surface area contributed by atoms with E-state index in [1.165, 1.54) is 50.3 Å². The van der Waals surface area contributed by atoms with E-state index < -0.39 is 33.3 Å². The topological polar surface area (TPSA) is 150 Å². The Hall–Kier alpha value is -3.52. The number of benzene rings is 2. The number of rotatable bonds is 11. The molecule has 1 heterocycles. The van der Waals surface area contributed by atoms with Gasteiger partial charge >= 0.3 is 11.7 Å². The molecule has 0 fully saturated rings. The zero-order valence-electron chi connectivity index (χ0n) is 22.4. The first-order chi connectivity index (χ1) is 18.3. The van der Waals surface area contributed by atoms with Crippen molar-refractivity contribution in [3.63, 3.8) is 0 Å². The van der Waals surface area contributed by atoms with E-state index in [-0.39, 0.29) is 47.7 Å². The summed E-state index contributed by atoms with van der Waals surface area (Å²) in [6, 6.07) is 8.83. The maximum absolute atomic E-state index is 15.3. The second kappa shape index (κ2) is 12.1. The molecule has 0 saturated carbocycles. The molecule has 0 aliphatic rings. The van der Waals surface area contributed by atoms with Crippen LogP contribution in [0, 0.1) is 5.82 Å². The van der Waals surface area contributed by atoms with E-state index >= 15 is 4.39 Å². The van der Waals surface area contributed by atoms with Gasteiger partial charge in [0.25, 0.3) is 10.2 Å². The standard InChI is InChI=1S/C26H33FN4O7S/c1-26(2,11-12-32)29-15-20-18-10-9-17(37-25(34)31(4)5)14-22(18)38-24(33)19(20)13-16-7-6-8-21(23(16)27)30-39(35,36)28-3/h6-10,14,28-30,32H,11-13,15H2,1-5H3. The Morgan fingerprint density at radius 3 is 2.54 bits per heavy atom. The Morgan fingerprint density at radius 2 is 1.90 bits per heavy atom. The molecule has 212 valence electrons. The third-order valence-corrected chi connectivity index (χ3v) is 7.13. The lowest BCUT2D eigenvalue weighted by Gasteiger charge is -2.26. The molecular weight excluding hydrogens is 531 g/mol. The van der Waals surface area contributed by atoms with E-state index in [0.29, 0.717) is 17.4 Å². The summed E-state index contributed by atoms with van der Waals surface area (Å²) in [5.74, 6) is -0.659. The molecule has 13 heteroatoms. The van der Waals surface area contributed by atoms with Gasteiger partial charge in [-0.3, -0.25) is 4.72 Å². The van der Waals surface area contributed by atoms with E-state index in [9.17, 15) is 23.1 Å². The third-order valence-electron chi connectivity index (χ3n) is 6.10. The van der Waals surface area contributed by atoms with Crippen LogP contribution < -0.4 is 25.1 Å². The van der Waals surface area contributed by atoms with Gasteiger partial charge < -0.3 is 24.5 Å². The smallest absolute Gasteiger partial charge is 0.414 e. The molecule has 0 saturated heterocycles. The van der Waals surface area contributed by atoms with Crippen LogP contribution in [-0.2, 0) is 23.2 Å². The molecule has 0 spiro atoms. The number of amides is 1. The van der Waals surface area contributed by atoms with Crippen molar-refractivity contribution in [3.8, 4) is 5.75 Å². The van der Waals surface area contributed by atoms with Crippen molar-refractivity contribution in [2.24, 2.45) is 0 Å². The number of nitrogens with zero attached hydrogens (tertiary/aromatic N) is 1. The van der Waals surface area contributed by atoms with Crippen LogP contribution >= 0.6 is 0 Å². The van der Waals surface area contributed by atoms with Crippen molar-refractivity contribution in [3.05, 3.63) is 69.3 Å². The lowest BCUT2D eigenvalue weighted by Crippen LogP contribution is -2.40. The highest BCUT2D eigenvalue weighted by Gasteiger charge is 2.23. The average Bonchev–Trinajstić information content (AvgIpc) is 2.85. The Morgan fingerprint density at radius 1 is 1.18 bits per heavy atom. The van der Waals surface area contributed by atoms with Crippen molar-refractivity contribution < 1.29 is 31.9 Å². The van der Waals surface area contributed by atoms with Crippen LogP contribution in [0.4, 0.5) is 14.9 Å². The summed E-state index contributed by atoms with van der Waals surface area (Å²) < 4.78 is 54.1. The molecule has 0 aliphatic heterocycles. The van der Waals surface area contributed by atoms with Crippen molar-refractivity contribution in [2.45, 2.75) is 38.8 Å². The fraction of sp³-hybridized carbons (Fsp3) is 0.385. The first-order valence-corrected chi connectivity index (χ1v) is 13.6. The van der Waals surface area contributed by atoms with Crippen LogP contribution in [0.1, 0.15) is 37.0 Å². The van der Waals surface area contributed by atoms with E-state index in [2.05, 4.69) is 14.8 Å². The minimum Gasteiger partial charge on any atom is -0.422 e. The van der Waals surface area contributed by atoms with Gasteiger partial charge in [0.05, 0.1) is 5.69 Å². The van der Waals surface area contributed by atoms with Gasteiger partial charge in [0.15, 0.2) is 5.82 Å². The number of fused-ring (bicyclic) bond motifs is 1. The summed E-state index contributed by atoms with van der Waals surface area (Å²) in [6.07, 6.45) is -0.354. The zero-order valence-corrected chi connectivity index (χ0v) is 23.2. The van der Waals surface area contributed by atoms with Crippen LogP contribution in [0.5, 0.6) is 5.75 Å². The van der Waals surface area contributed by atoms with E-state index in [1.54, 1.807) is 12.1 Å². The van der Waals surface area contributed by atoms with Crippen LogP contribution in [-0.4, -0.2) is 57.8 Å². The Labute approximate surface area is 226 Å². The number of ether oxygens (including phenoxy) is 1. The summed E-state index contributed by atoms with van der Waals surface area (Å²) >= 11 is 0. The Kier molecular flexibility index (Phi) is 9.33. The van der Waals surface area contributed by atoms with Gasteiger partial charge in [0.1, 0.15) is 11.3 Å². The summed E-state index contributed by atoms with van der Waals surface area (Å²) in [7, 11) is 0.288. The normalized spacial score (nSPS) is 12.0. The molecule has 3 aromatic rings. The molecule has 4 N–H and O–H groups in total. The van der Waals surface area contributed by atoms with Gasteiger partial charge in [0, 0.05) is 63.3 Å². The number of anilines is 1. The minimum atomic E-state index is -3.97. The minimum absolute atomic E-state index is 0.0499. The number of halogens is 1. The Bertz CT molecular complexity index is 1520. The lowest BCUT2D eigenvalue weighted by atomic mass is 9.95. The number of carbonyl (C=O) groups excluding carboxylic acids is 1. The van der Waals surface area contributed by atoms with E-state index in [1.807, 2.05) is 13.8 Å². The Balaban J connectivity index is 2.11. The summed E-state index contributed by atoms with van der Waals surface area (Å²) in [6.45, 7) is 3.92. The number of hydrogen-bond donors (Lipinski definition) is 4. The largest absolute Gasteiger partial charge is 0.422 e. The SMILES string of the molecule is CNS(=O)(=O)Nc1cccc(Cc2c(CNC(C)(C)CCO)c3ccc(OC(=O)N(C)C)cc3oc2=O)c1F. The average molecular weight is 565 g/mol. The lowest BCUT2D eigenvalue weighted by molar-refractivity contribution is 0.172. The number of aliphatic hydroxyl groups excluding tert-OH is 1. The van der Waals surface area contributed by atoms with Gasteiger partial charge in [-0.1, -0.05) is 12.1 Å². The molecule has 11 nitrogen and oxygen atoms in total. The van der Waals surface area contributed by atoms with E-state index in [0.717, 1.165) is 0 Å². The van der Waals surface area contributed by atoms with Gasteiger partial charge in [-0.2, -0.15) is 8.42 Å². The fourth-order valence-corrected chi connectivity index (χ4v) is 4.35. The molecule has 1 amide bonds. The van der Waals surface area contributed by atoms with Crippen molar-refractivity contribution in [1.29, 1.82) is 0 Å². The fourth-order valence-electron chi connectivity index (χ4n) is 3.80. The number of carbonyl (C=O) groups is 1. The predicted octanol–water partition coefficient (Wildman–Crippen LogP) is 2.71. The second-order valence-corrected chi connectivity index (χ2v) is 11.4. The molecule has 0 atom stereocenters. The monoisotopic (exact) mass is 564 g/mol. The second-order valence-electron chi connectivity index (χ2n) is 9.74. The first-order valence-electron chi connectivity index (χ1n) is 12.1. The van der Waals surface area contributed by atoms with Gasteiger partial charge in [0.2, 0.25) is 0 Å². The van der Waals surface area contributed by atoms with Crippen molar-refractivity contribution in [2.75, 3.05) is 32.5 Å². The molecular formula is C26H33FN4O7S. The number of nitrogens with one attached hydrogen (secondary N) is 3. The van der Waals surface area contributed by atoms with Crippen molar-refractivity contribution >= 4 is 33.0 Å². The number of hydrogen-bond acceptors (Lipinski definition) is 8. The maximum atomic E-state index is 15.3. The molecule has 1 aromatic heterocycles. The highest BCUT2D eigenvalue weighted by molar-refractivity contribution is 7.90. The summed E-state index contributed by atoms with van der Waals surface area (Å²) in [5.41, 5.74) is -0.560. The predicted molar refractivity (Wildman–Crippen MR) is 146 cm³/mol. The van der Waals surface area contributed by atoms with Gasteiger partial charge in [-0.15, -0.1) is 0 Å². The maximum Gasteiger partial charge on any atom is 0.414 e. The zero-order chi connectivity index (χ0) is 29.0. The molecule has 0 bridgehead atoms. The summed E-state index contributed by atoms with van der Waals surface area (Å²) in [4.78, 5) is 26.5. The molecule has 0 unspecified atom stereocenters. The highest BCUT2D eigenvalue weighted by Crippen LogP contribution is 2.28. The molecule has 3 rings (SSSR count). The van der Waals surface area contributed by atoms with Crippen molar-refractivity contribution in [1.82, 2.24) is 14.9 Å². The van der Waals surface area contributed by atoms with Crippen LogP contribution in [0.3, 0.4) is 0 Å². The number of aliphatic hydroxyl groups is 1. The molecule has 0 aliphatic carbocycles.